The first-order chi connectivity index (χ1) is 11.0. The lowest BCUT2D eigenvalue weighted by molar-refractivity contribution is 0.378. The van der Waals surface area contributed by atoms with E-state index >= 15 is 0 Å². The van der Waals surface area contributed by atoms with Crippen LogP contribution >= 0.6 is 0 Å². The lowest BCUT2D eigenvalue weighted by Gasteiger charge is -2.30. The van der Waals surface area contributed by atoms with Crippen LogP contribution in [-0.4, -0.2) is 37.1 Å². The molecular formula is C20H37N3. The Morgan fingerprint density at radius 1 is 1.04 bits per heavy atom. The highest BCUT2D eigenvalue weighted by Crippen LogP contribution is 2.34. The third-order valence-corrected chi connectivity index (χ3v) is 4.68. The van der Waals surface area contributed by atoms with Gasteiger partial charge in [-0.05, 0) is 56.9 Å². The van der Waals surface area contributed by atoms with Crippen LogP contribution < -0.4 is 5.32 Å². The van der Waals surface area contributed by atoms with Gasteiger partial charge in [-0.3, -0.25) is 0 Å². The van der Waals surface area contributed by atoms with Crippen molar-refractivity contribution in [3.05, 3.63) is 23.9 Å². The molecule has 3 heteroatoms. The van der Waals surface area contributed by atoms with Gasteiger partial charge in [0.2, 0.25) is 0 Å². The molecular weight excluding hydrogens is 282 g/mol. The molecule has 1 aromatic rings. The van der Waals surface area contributed by atoms with Crippen LogP contribution in [-0.2, 0) is 5.41 Å². The first kappa shape index (κ1) is 20.0. The van der Waals surface area contributed by atoms with Crippen molar-refractivity contribution in [2.45, 2.75) is 71.1 Å². The van der Waals surface area contributed by atoms with Crippen molar-refractivity contribution in [2.24, 2.45) is 0 Å². The third-order valence-electron chi connectivity index (χ3n) is 4.68. The van der Waals surface area contributed by atoms with E-state index in [4.69, 9.17) is 0 Å². The van der Waals surface area contributed by atoms with Gasteiger partial charge in [0.25, 0.3) is 0 Å². The predicted molar refractivity (Wildman–Crippen MR) is 102 cm³/mol. The predicted octanol–water partition coefficient (Wildman–Crippen LogP) is 5.08. The zero-order valence-corrected chi connectivity index (χ0v) is 16.0. The average molecular weight is 320 g/mol. The van der Waals surface area contributed by atoms with E-state index in [0.29, 0.717) is 0 Å². The van der Waals surface area contributed by atoms with E-state index in [1.807, 2.05) is 0 Å². The molecule has 0 aliphatic carbocycles. The Morgan fingerprint density at radius 2 is 1.83 bits per heavy atom. The van der Waals surface area contributed by atoms with Crippen molar-refractivity contribution >= 4 is 5.82 Å². The first-order valence-corrected chi connectivity index (χ1v) is 9.37. The van der Waals surface area contributed by atoms with Gasteiger partial charge in [0.1, 0.15) is 5.82 Å². The molecule has 3 nitrogen and oxygen atoms in total. The highest BCUT2D eigenvalue weighted by Gasteiger charge is 2.25. The van der Waals surface area contributed by atoms with E-state index in [9.17, 15) is 0 Å². The summed E-state index contributed by atoms with van der Waals surface area (Å²) in [5.41, 5.74) is 1.68. The average Bonchev–Trinajstić information content (AvgIpc) is 2.52. The van der Waals surface area contributed by atoms with Crippen LogP contribution in [0.3, 0.4) is 0 Å². The number of nitrogens with zero attached hydrogens (tertiary/aromatic N) is 2. The molecule has 23 heavy (non-hydrogen) atoms. The first-order valence-electron chi connectivity index (χ1n) is 9.37. The summed E-state index contributed by atoms with van der Waals surface area (Å²) >= 11 is 0. The molecule has 0 bridgehead atoms. The molecule has 1 heterocycles. The fraction of sp³-hybridized carbons (Fsp3) is 0.750. The van der Waals surface area contributed by atoms with Gasteiger partial charge in [0.05, 0.1) is 0 Å². The fourth-order valence-corrected chi connectivity index (χ4v) is 3.20. The van der Waals surface area contributed by atoms with E-state index in [1.54, 1.807) is 0 Å². The summed E-state index contributed by atoms with van der Waals surface area (Å²) in [6.45, 7) is 9.05. The minimum atomic E-state index is 0.278. The second-order valence-electron chi connectivity index (χ2n) is 7.28. The van der Waals surface area contributed by atoms with Gasteiger partial charge in [0.15, 0.2) is 0 Å². The molecule has 1 atom stereocenters. The SMILES string of the molecule is CCCCCC(C)(CCC)c1ccc(NCCCN(C)C)nc1. The zero-order chi connectivity index (χ0) is 17.1. The molecule has 1 rings (SSSR count). The molecule has 0 aliphatic heterocycles. The number of nitrogens with one attached hydrogen (secondary N) is 1. The van der Waals surface area contributed by atoms with E-state index < -0.39 is 0 Å². The summed E-state index contributed by atoms with van der Waals surface area (Å²) in [5.74, 6) is 1.000. The van der Waals surface area contributed by atoms with Gasteiger partial charge in [-0.25, -0.2) is 4.98 Å². The van der Waals surface area contributed by atoms with Crippen LogP contribution in [0.5, 0.6) is 0 Å². The minimum Gasteiger partial charge on any atom is -0.370 e. The van der Waals surface area contributed by atoms with Crippen LogP contribution in [0.25, 0.3) is 0 Å². The second-order valence-corrected chi connectivity index (χ2v) is 7.28. The van der Waals surface area contributed by atoms with Crippen LogP contribution in [0.15, 0.2) is 18.3 Å². The van der Waals surface area contributed by atoms with Gasteiger partial charge in [-0.1, -0.05) is 52.5 Å². The Bertz CT molecular complexity index is 413. The molecule has 0 saturated carbocycles. The van der Waals surface area contributed by atoms with E-state index in [-0.39, 0.29) is 5.41 Å². The standard InChI is InChI=1S/C20H37N3/c1-6-8-9-14-20(3,13-7-2)18-11-12-19(22-17-18)21-15-10-16-23(4)5/h11-12,17H,6-10,13-16H2,1-5H3,(H,21,22). The van der Waals surface area contributed by atoms with Crippen LogP contribution in [0.4, 0.5) is 5.82 Å². The van der Waals surface area contributed by atoms with Crippen molar-refractivity contribution in [3.63, 3.8) is 0 Å². The maximum Gasteiger partial charge on any atom is 0.125 e. The lowest BCUT2D eigenvalue weighted by atomic mass is 9.75. The van der Waals surface area contributed by atoms with Crippen LogP contribution in [0.1, 0.15) is 71.3 Å². The molecule has 1 aromatic heterocycles. The number of anilines is 1. The smallest absolute Gasteiger partial charge is 0.125 e. The molecule has 1 unspecified atom stereocenters. The van der Waals surface area contributed by atoms with E-state index in [2.05, 4.69) is 68.4 Å². The van der Waals surface area contributed by atoms with Crippen molar-refractivity contribution in [3.8, 4) is 0 Å². The van der Waals surface area contributed by atoms with Crippen LogP contribution in [0, 0.1) is 0 Å². The van der Waals surface area contributed by atoms with Gasteiger partial charge < -0.3 is 10.2 Å². The summed E-state index contributed by atoms with van der Waals surface area (Å²) in [4.78, 5) is 6.86. The number of unbranched alkanes of at least 4 members (excludes halogenated alkanes) is 2. The van der Waals surface area contributed by atoms with Gasteiger partial charge in [0, 0.05) is 12.7 Å². The zero-order valence-electron chi connectivity index (χ0n) is 16.0. The lowest BCUT2D eigenvalue weighted by Crippen LogP contribution is -2.22. The number of pyridine rings is 1. The summed E-state index contributed by atoms with van der Waals surface area (Å²) in [5, 5.41) is 3.43. The number of aromatic nitrogens is 1. The molecule has 0 aromatic carbocycles. The normalized spacial score (nSPS) is 14.0. The van der Waals surface area contributed by atoms with E-state index in [1.165, 1.54) is 44.1 Å². The summed E-state index contributed by atoms with van der Waals surface area (Å²) in [7, 11) is 4.22. The fourth-order valence-electron chi connectivity index (χ4n) is 3.20. The summed E-state index contributed by atoms with van der Waals surface area (Å²) < 4.78 is 0. The van der Waals surface area contributed by atoms with Crippen LogP contribution in [0.2, 0.25) is 0 Å². The molecule has 132 valence electrons. The van der Waals surface area contributed by atoms with Gasteiger partial charge in [-0.15, -0.1) is 0 Å². The molecule has 1 N–H and O–H groups in total. The van der Waals surface area contributed by atoms with E-state index in [0.717, 1.165) is 25.3 Å². The van der Waals surface area contributed by atoms with Crippen molar-refractivity contribution < 1.29 is 0 Å². The molecule has 0 aliphatic rings. The largest absolute Gasteiger partial charge is 0.370 e. The molecule has 0 radical (unpaired) electrons. The Hall–Kier alpha value is -1.09. The Morgan fingerprint density at radius 3 is 2.39 bits per heavy atom. The summed E-state index contributed by atoms with van der Waals surface area (Å²) in [6.07, 6.45) is 10.9. The second kappa shape index (κ2) is 10.6. The third kappa shape index (κ3) is 7.34. The maximum absolute atomic E-state index is 4.65. The highest BCUT2D eigenvalue weighted by atomic mass is 15.1. The highest BCUT2D eigenvalue weighted by molar-refractivity contribution is 5.37. The molecule has 0 fully saturated rings. The van der Waals surface area contributed by atoms with Crippen molar-refractivity contribution in [2.75, 3.05) is 32.5 Å². The summed E-state index contributed by atoms with van der Waals surface area (Å²) in [6, 6.07) is 4.43. The molecule has 0 saturated heterocycles. The Kier molecular flexibility index (Phi) is 9.23. The Labute approximate surface area is 143 Å². The number of rotatable bonds is 12. The molecule has 0 spiro atoms. The van der Waals surface area contributed by atoms with Gasteiger partial charge in [-0.2, -0.15) is 0 Å². The minimum absolute atomic E-state index is 0.278. The topological polar surface area (TPSA) is 28.2 Å². The van der Waals surface area contributed by atoms with Crippen molar-refractivity contribution in [1.82, 2.24) is 9.88 Å². The Balaban J connectivity index is 2.60. The van der Waals surface area contributed by atoms with Gasteiger partial charge >= 0.3 is 0 Å². The molecule has 0 amide bonds. The van der Waals surface area contributed by atoms with Crippen molar-refractivity contribution in [1.29, 1.82) is 0 Å². The quantitative estimate of drug-likeness (QED) is 0.544. The monoisotopic (exact) mass is 319 g/mol. The number of hydrogen-bond donors (Lipinski definition) is 1. The maximum atomic E-state index is 4.65. The number of hydrogen-bond acceptors (Lipinski definition) is 3.